The predicted octanol–water partition coefficient (Wildman–Crippen LogP) is 1.65. The van der Waals surface area contributed by atoms with Crippen molar-refractivity contribution in [2.45, 2.75) is 19.3 Å². The van der Waals surface area contributed by atoms with Crippen molar-refractivity contribution in [1.82, 2.24) is 20.1 Å². The molecule has 4 nitrogen and oxygen atoms in total. The van der Waals surface area contributed by atoms with E-state index >= 15 is 0 Å². The minimum atomic E-state index is 0.483. The van der Waals surface area contributed by atoms with Gasteiger partial charge in [-0.3, -0.25) is 0 Å². The molecule has 2 heterocycles. The average molecular weight is 228 g/mol. The second-order valence-electron chi connectivity index (χ2n) is 4.51. The number of benzene rings is 1. The third kappa shape index (κ3) is 1.85. The van der Waals surface area contributed by atoms with Crippen LogP contribution in [0.1, 0.15) is 23.7 Å². The highest BCUT2D eigenvalue weighted by molar-refractivity contribution is 5.40. The highest BCUT2D eigenvalue weighted by atomic mass is 15.3. The van der Waals surface area contributed by atoms with Gasteiger partial charge in [0.1, 0.15) is 12.2 Å². The molecule has 1 N–H and O–H groups in total. The molecule has 4 heteroatoms. The van der Waals surface area contributed by atoms with Crippen LogP contribution in [0.2, 0.25) is 0 Å². The van der Waals surface area contributed by atoms with Crippen LogP contribution in [-0.4, -0.2) is 27.9 Å². The van der Waals surface area contributed by atoms with Crippen LogP contribution in [-0.2, 0) is 0 Å². The van der Waals surface area contributed by atoms with E-state index in [4.69, 9.17) is 0 Å². The first-order valence-corrected chi connectivity index (χ1v) is 6.03. The van der Waals surface area contributed by atoms with Gasteiger partial charge < -0.3 is 5.32 Å². The molecule has 0 saturated carbocycles. The molecule has 1 saturated heterocycles. The number of rotatable bonds is 2. The zero-order chi connectivity index (χ0) is 11.7. The number of para-hydroxylation sites is 1. The third-order valence-corrected chi connectivity index (χ3v) is 3.34. The maximum absolute atomic E-state index is 4.43. The largest absolute Gasteiger partial charge is 0.316 e. The summed E-state index contributed by atoms with van der Waals surface area (Å²) in [5, 5.41) is 7.74. The monoisotopic (exact) mass is 228 g/mol. The van der Waals surface area contributed by atoms with Gasteiger partial charge >= 0.3 is 0 Å². The van der Waals surface area contributed by atoms with Crippen LogP contribution in [0.15, 0.2) is 30.6 Å². The molecular formula is C13H16N4. The van der Waals surface area contributed by atoms with Crippen LogP contribution in [0.5, 0.6) is 0 Å². The fourth-order valence-electron chi connectivity index (χ4n) is 2.39. The molecule has 1 aromatic heterocycles. The van der Waals surface area contributed by atoms with E-state index in [9.17, 15) is 0 Å². The summed E-state index contributed by atoms with van der Waals surface area (Å²) in [6.07, 6.45) is 2.80. The Morgan fingerprint density at radius 3 is 3.00 bits per heavy atom. The summed E-state index contributed by atoms with van der Waals surface area (Å²) < 4.78 is 1.98. The molecule has 88 valence electrons. The molecule has 0 spiro atoms. The van der Waals surface area contributed by atoms with E-state index < -0.39 is 0 Å². The Balaban J connectivity index is 2.04. The van der Waals surface area contributed by atoms with Gasteiger partial charge in [0, 0.05) is 12.5 Å². The lowest BCUT2D eigenvalue weighted by Crippen LogP contribution is -2.13. The van der Waals surface area contributed by atoms with Crippen molar-refractivity contribution in [1.29, 1.82) is 0 Å². The Morgan fingerprint density at radius 1 is 1.35 bits per heavy atom. The first kappa shape index (κ1) is 10.5. The fourth-order valence-corrected chi connectivity index (χ4v) is 2.39. The quantitative estimate of drug-likeness (QED) is 0.850. The molecule has 1 aromatic carbocycles. The van der Waals surface area contributed by atoms with E-state index in [2.05, 4.69) is 34.5 Å². The number of hydrogen-bond acceptors (Lipinski definition) is 3. The minimum Gasteiger partial charge on any atom is -0.316 e. The van der Waals surface area contributed by atoms with Gasteiger partial charge in [0.25, 0.3) is 0 Å². The highest BCUT2D eigenvalue weighted by Gasteiger charge is 2.22. The lowest BCUT2D eigenvalue weighted by molar-refractivity contribution is 0.662. The van der Waals surface area contributed by atoms with Crippen LogP contribution in [0.25, 0.3) is 5.69 Å². The average Bonchev–Trinajstić information content (AvgIpc) is 3.00. The SMILES string of the molecule is Cc1ccccc1-n1ncnc1C1CCNC1. The van der Waals surface area contributed by atoms with Gasteiger partial charge in [0.15, 0.2) is 0 Å². The summed E-state index contributed by atoms with van der Waals surface area (Å²) in [6.45, 7) is 4.18. The smallest absolute Gasteiger partial charge is 0.138 e. The van der Waals surface area contributed by atoms with Crippen LogP contribution in [0.3, 0.4) is 0 Å². The van der Waals surface area contributed by atoms with E-state index in [1.807, 2.05) is 16.8 Å². The Labute approximate surface area is 101 Å². The lowest BCUT2D eigenvalue weighted by atomic mass is 10.1. The van der Waals surface area contributed by atoms with Crippen LogP contribution >= 0.6 is 0 Å². The number of aromatic nitrogens is 3. The van der Waals surface area contributed by atoms with Gasteiger partial charge in [-0.15, -0.1) is 0 Å². The number of hydrogen-bond donors (Lipinski definition) is 1. The van der Waals surface area contributed by atoms with E-state index in [0.717, 1.165) is 31.0 Å². The van der Waals surface area contributed by atoms with Gasteiger partial charge in [-0.2, -0.15) is 5.10 Å². The Morgan fingerprint density at radius 2 is 2.24 bits per heavy atom. The molecule has 0 amide bonds. The van der Waals surface area contributed by atoms with Crippen molar-refractivity contribution >= 4 is 0 Å². The zero-order valence-electron chi connectivity index (χ0n) is 9.93. The summed E-state index contributed by atoms with van der Waals surface area (Å²) >= 11 is 0. The summed E-state index contributed by atoms with van der Waals surface area (Å²) in [7, 11) is 0. The maximum atomic E-state index is 4.43. The minimum absolute atomic E-state index is 0.483. The lowest BCUT2D eigenvalue weighted by Gasteiger charge is -2.12. The number of nitrogens with zero attached hydrogens (tertiary/aromatic N) is 3. The molecule has 1 aliphatic heterocycles. The van der Waals surface area contributed by atoms with E-state index in [-0.39, 0.29) is 0 Å². The van der Waals surface area contributed by atoms with Crippen molar-refractivity contribution in [2.24, 2.45) is 0 Å². The van der Waals surface area contributed by atoms with E-state index in [0.29, 0.717) is 5.92 Å². The van der Waals surface area contributed by atoms with Gasteiger partial charge in [-0.25, -0.2) is 9.67 Å². The topological polar surface area (TPSA) is 42.7 Å². The summed E-state index contributed by atoms with van der Waals surface area (Å²) in [5.74, 6) is 1.56. The molecule has 2 aromatic rings. The standard InChI is InChI=1S/C13H16N4/c1-10-4-2-3-5-12(10)17-13(15-9-16-17)11-6-7-14-8-11/h2-5,9,11,14H,6-8H2,1H3. The molecule has 3 rings (SSSR count). The van der Waals surface area contributed by atoms with Crippen LogP contribution in [0.4, 0.5) is 0 Å². The van der Waals surface area contributed by atoms with Gasteiger partial charge in [-0.05, 0) is 31.5 Å². The Bertz CT molecular complexity index is 512. The van der Waals surface area contributed by atoms with Gasteiger partial charge in [0.05, 0.1) is 5.69 Å². The molecule has 1 fully saturated rings. The third-order valence-electron chi connectivity index (χ3n) is 3.34. The predicted molar refractivity (Wildman–Crippen MR) is 66.3 cm³/mol. The van der Waals surface area contributed by atoms with Gasteiger partial charge in [0.2, 0.25) is 0 Å². The summed E-state index contributed by atoms with van der Waals surface area (Å²) in [6, 6.07) is 8.29. The molecule has 1 aliphatic rings. The molecule has 17 heavy (non-hydrogen) atoms. The normalized spacial score (nSPS) is 19.7. The second-order valence-corrected chi connectivity index (χ2v) is 4.51. The van der Waals surface area contributed by atoms with Gasteiger partial charge in [-0.1, -0.05) is 18.2 Å². The van der Waals surface area contributed by atoms with Crippen molar-refractivity contribution < 1.29 is 0 Å². The molecule has 0 radical (unpaired) electrons. The second kappa shape index (κ2) is 4.30. The number of nitrogens with one attached hydrogen (secondary N) is 1. The zero-order valence-corrected chi connectivity index (χ0v) is 9.93. The highest BCUT2D eigenvalue weighted by Crippen LogP contribution is 2.23. The van der Waals surface area contributed by atoms with Crippen molar-refractivity contribution in [3.63, 3.8) is 0 Å². The van der Waals surface area contributed by atoms with Crippen molar-refractivity contribution in [3.05, 3.63) is 42.0 Å². The number of aryl methyl sites for hydroxylation is 1. The first-order valence-electron chi connectivity index (χ1n) is 6.03. The van der Waals surface area contributed by atoms with Crippen LogP contribution < -0.4 is 5.32 Å². The van der Waals surface area contributed by atoms with Crippen molar-refractivity contribution in [2.75, 3.05) is 13.1 Å². The Kier molecular flexibility index (Phi) is 2.65. The summed E-state index contributed by atoms with van der Waals surface area (Å²) in [4.78, 5) is 4.43. The summed E-state index contributed by atoms with van der Waals surface area (Å²) in [5.41, 5.74) is 2.36. The fraction of sp³-hybridized carbons (Fsp3) is 0.385. The van der Waals surface area contributed by atoms with Crippen molar-refractivity contribution in [3.8, 4) is 5.69 Å². The molecule has 0 bridgehead atoms. The maximum Gasteiger partial charge on any atom is 0.138 e. The first-order chi connectivity index (χ1) is 8.36. The molecule has 1 atom stereocenters. The molecule has 0 aliphatic carbocycles. The van der Waals surface area contributed by atoms with E-state index in [1.165, 1.54) is 5.56 Å². The molecular weight excluding hydrogens is 212 g/mol. The Hall–Kier alpha value is -1.68. The van der Waals surface area contributed by atoms with E-state index in [1.54, 1.807) is 6.33 Å². The van der Waals surface area contributed by atoms with Crippen LogP contribution in [0, 0.1) is 6.92 Å². The molecule has 1 unspecified atom stereocenters.